The predicted molar refractivity (Wildman–Crippen MR) is 126 cm³/mol. The van der Waals surface area contributed by atoms with Gasteiger partial charge in [-0.3, -0.25) is 4.79 Å². The molecule has 3 rings (SSSR count). The Hall–Kier alpha value is -4.55. The molecule has 0 fully saturated rings. The van der Waals surface area contributed by atoms with Crippen LogP contribution in [0.2, 0.25) is 0 Å². The third-order valence-electron chi connectivity index (χ3n) is 4.76. The number of carbonyl (C=O) groups excluding carboxylic acids is 1. The summed E-state index contributed by atoms with van der Waals surface area (Å²) in [6.45, 7) is 4.73. The lowest BCUT2D eigenvalue weighted by atomic mass is 10.0. The maximum atomic E-state index is 13.6. The molecule has 1 aliphatic rings. The van der Waals surface area contributed by atoms with E-state index in [4.69, 9.17) is 9.47 Å². The quantitative estimate of drug-likeness (QED) is 0.312. The van der Waals surface area contributed by atoms with Crippen LogP contribution >= 0.6 is 0 Å². The summed E-state index contributed by atoms with van der Waals surface area (Å²) in [6, 6.07) is 18.1. The van der Waals surface area contributed by atoms with Gasteiger partial charge in [0.2, 0.25) is 5.78 Å². The summed E-state index contributed by atoms with van der Waals surface area (Å²) in [5.74, 6) is 0.955. The number of hydrogen-bond donors (Lipinski definition) is 0. The molecule has 164 valence electrons. The minimum Gasteiger partial charge on any atom is -0.494 e. The molecule has 0 aliphatic carbocycles. The van der Waals surface area contributed by atoms with E-state index < -0.39 is 0 Å². The van der Waals surface area contributed by atoms with Crippen molar-refractivity contribution in [3.63, 3.8) is 0 Å². The molecule has 0 bridgehead atoms. The molecular weight excluding hydrogens is 414 g/mol. The zero-order chi connectivity index (χ0) is 23.6. The fourth-order valence-corrected chi connectivity index (χ4v) is 3.30. The molecule has 2 aromatic rings. The van der Waals surface area contributed by atoms with Gasteiger partial charge in [-0.1, -0.05) is 36.4 Å². The van der Waals surface area contributed by atoms with Gasteiger partial charge in [-0.15, -0.1) is 0 Å². The predicted octanol–water partition coefficient (Wildman–Crippen LogP) is 5.39. The van der Waals surface area contributed by atoms with Crippen molar-refractivity contribution in [1.29, 1.82) is 10.5 Å². The Balaban J connectivity index is 2.22. The van der Waals surface area contributed by atoms with Gasteiger partial charge in [0.1, 0.15) is 23.6 Å². The van der Waals surface area contributed by atoms with Crippen LogP contribution in [0, 0.1) is 22.7 Å². The summed E-state index contributed by atoms with van der Waals surface area (Å²) in [5.41, 5.74) is 1.63. The smallest absolute Gasteiger partial charge is 0.209 e. The van der Waals surface area contributed by atoms with Crippen LogP contribution in [0.15, 0.2) is 89.9 Å². The van der Waals surface area contributed by atoms with Gasteiger partial charge in [-0.2, -0.15) is 10.5 Å². The van der Waals surface area contributed by atoms with Crippen LogP contribution in [-0.2, 0) is 0 Å². The summed E-state index contributed by atoms with van der Waals surface area (Å²) in [6.07, 6.45) is 8.45. The lowest BCUT2D eigenvalue weighted by Crippen LogP contribution is -2.24. The van der Waals surface area contributed by atoms with Crippen LogP contribution in [0.25, 0.3) is 6.08 Å². The lowest BCUT2D eigenvalue weighted by molar-refractivity contribution is 0.101. The molecule has 2 aromatic carbocycles. The number of hydrogen-bond acceptors (Lipinski definition) is 6. The van der Waals surface area contributed by atoms with E-state index in [1.54, 1.807) is 71.8 Å². The van der Waals surface area contributed by atoms with E-state index in [1.807, 2.05) is 38.1 Å². The van der Waals surface area contributed by atoms with Gasteiger partial charge in [0.05, 0.1) is 24.6 Å². The average molecular weight is 437 g/mol. The molecule has 6 nitrogen and oxygen atoms in total. The highest BCUT2D eigenvalue weighted by Crippen LogP contribution is 2.31. The highest BCUT2D eigenvalue weighted by molar-refractivity contribution is 6.11. The molecule has 0 aromatic heterocycles. The molecule has 1 heterocycles. The number of carbonyl (C=O) groups is 1. The van der Waals surface area contributed by atoms with E-state index in [2.05, 4.69) is 0 Å². The zero-order valence-electron chi connectivity index (χ0n) is 18.5. The van der Waals surface area contributed by atoms with Gasteiger partial charge in [0.15, 0.2) is 5.57 Å². The zero-order valence-corrected chi connectivity index (χ0v) is 18.5. The van der Waals surface area contributed by atoms with E-state index in [-0.39, 0.29) is 17.1 Å². The number of nitrogens with zero attached hydrogens (tertiary/aromatic N) is 3. The first-order valence-electron chi connectivity index (χ1n) is 10.5. The Labute approximate surface area is 193 Å². The van der Waals surface area contributed by atoms with Gasteiger partial charge < -0.3 is 14.4 Å². The van der Waals surface area contributed by atoms with E-state index in [9.17, 15) is 15.3 Å². The van der Waals surface area contributed by atoms with E-state index in [0.717, 1.165) is 0 Å². The molecule has 0 atom stereocenters. The molecule has 6 heteroatoms. The standard InChI is InChI=1S/C27H23N3O3/c1-3-32-23-14-13-21(26(17-23)33-4-2)16-25(27(31)20-10-6-5-7-11-20)30-15-9-8-12-24(30)22(18-28)19-29/h5-17H,3-4H2,1-2H3. The first-order chi connectivity index (χ1) is 16.1. The average Bonchev–Trinajstić information content (AvgIpc) is 2.85. The molecular formula is C27H23N3O3. The van der Waals surface area contributed by atoms with Crippen molar-refractivity contribution >= 4 is 11.9 Å². The summed E-state index contributed by atoms with van der Waals surface area (Å²) < 4.78 is 11.4. The summed E-state index contributed by atoms with van der Waals surface area (Å²) >= 11 is 0. The Morgan fingerprint density at radius 3 is 2.39 bits per heavy atom. The largest absolute Gasteiger partial charge is 0.494 e. The Morgan fingerprint density at radius 2 is 1.73 bits per heavy atom. The summed E-state index contributed by atoms with van der Waals surface area (Å²) in [5, 5.41) is 18.9. The maximum absolute atomic E-state index is 13.6. The van der Waals surface area contributed by atoms with Crippen molar-refractivity contribution in [1.82, 2.24) is 4.90 Å². The van der Waals surface area contributed by atoms with Gasteiger partial charge in [0, 0.05) is 23.4 Å². The highest BCUT2D eigenvalue weighted by atomic mass is 16.5. The lowest BCUT2D eigenvalue weighted by Gasteiger charge is -2.26. The van der Waals surface area contributed by atoms with Crippen molar-refractivity contribution in [2.75, 3.05) is 13.2 Å². The number of allylic oxidation sites excluding steroid dienone is 5. The number of ketones is 1. The van der Waals surface area contributed by atoms with Gasteiger partial charge >= 0.3 is 0 Å². The van der Waals surface area contributed by atoms with Crippen LogP contribution in [0.3, 0.4) is 0 Å². The number of rotatable bonds is 8. The molecule has 0 radical (unpaired) electrons. The minimum absolute atomic E-state index is 0.0981. The van der Waals surface area contributed by atoms with Crippen LogP contribution in [0.1, 0.15) is 29.8 Å². The van der Waals surface area contributed by atoms with Crippen molar-refractivity contribution in [2.45, 2.75) is 13.8 Å². The second kappa shape index (κ2) is 11.2. The van der Waals surface area contributed by atoms with Crippen molar-refractivity contribution in [3.8, 4) is 23.6 Å². The van der Waals surface area contributed by atoms with Crippen molar-refractivity contribution in [3.05, 3.63) is 101 Å². The third kappa shape index (κ3) is 5.39. The Bertz CT molecular complexity index is 1210. The Kier molecular flexibility index (Phi) is 7.83. The molecule has 1 aliphatic heterocycles. The molecule has 0 spiro atoms. The number of Topliss-reactive ketones (excluding diaryl/α,β-unsaturated/α-hetero) is 1. The molecule has 0 amide bonds. The Morgan fingerprint density at radius 1 is 1.00 bits per heavy atom. The molecule has 33 heavy (non-hydrogen) atoms. The van der Waals surface area contributed by atoms with Crippen LogP contribution in [-0.4, -0.2) is 23.9 Å². The summed E-state index contributed by atoms with van der Waals surface area (Å²) in [7, 11) is 0. The third-order valence-corrected chi connectivity index (χ3v) is 4.76. The first kappa shape index (κ1) is 23.1. The van der Waals surface area contributed by atoms with Gasteiger partial charge in [-0.25, -0.2) is 0 Å². The highest BCUT2D eigenvalue weighted by Gasteiger charge is 2.24. The number of ether oxygens (including phenoxy) is 2. The van der Waals surface area contributed by atoms with Crippen molar-refractivity contribution < 1.29 is 14.3 Å². The molecule has 0 saturated carbocycles. The SMILES string of the molecule is CCOc1ccc(C=C(C(=O)c2ccccc2)N2C=CC=CC2=C(C#N)C#N)c(OCC)c1. The second-order valence-electron chi connectivity index (χ2n) is 6.84. The molecule has 0 N–H and O–H groups in total. The normalized spacial score (nSPS) is 12.7. The van der Waals surface area contributed by atoms with Crippen molar-refractivity contribution in [2.24, 2.45) is 0 Å². The van der Waals surface area contributed by atoms with Gasteiger partial charge in [0.25, 0.3) is 0 Å². The monoisotopic (exact) mass is 437 g/mol. The minimum atomic E-state index is -0.264. The topological polar surface area (TPSA) is 86.4 Å². The van der Waals surface area contributed by atoms with Crippen LogP contribution < -0.4 is 9.47 Å². The second-order valence-corrected chi connectivity index (χ2v) is 6.84. The van der Waals surface area contributed by atoms with Crippen LogP contribution in [0.4, 0.5) is 0 Å². The van der Waals surface area contributed by atoms with E-state index in [1.165, 1.54) is 0 Å². The van der Waals surface area contributed by atoms with Gasteiger partial charge in [-0.05, 0) is 44.2 Å². The molecule has 0 saturated heterocycles. The fraction of sp³-hybridized carbons (Fsp3) is 0.148. The van der Waals surface area contributed by atoms with E-state index >= 15 is 0 Å². The molecule has 0 unspecified atom stereocenters. The summed E-state index contributed by atoms with van der Waals surface area (Å²) in [4.78, 5) is 15.2. The maximum Gasteiger partial charge on any atom is 0.209 e. The van der Waals surface area contributed by atoms with Crippen LogP contribution in [0.5, 0.6) is 11.5 Å². The van der Waals surface area contributed by atoms with E-state index in [0.29, 0.717) is 41.5 Å². The number of benzene rings is 2. The first-order valence-corrected chi connectivity index (χ1v) is 10.5. The fourth-order valence-electron chi connectivity index (χ4n) is 3.30. The number of nitriles is 2.